The molecule has 0 aliphatic heterocycles. The molecule has 4 N–H and O–H groups in total. The molecule has 0 aromatic rings. The Labute approximate surface area is 101 Å². The van der Waals surface area contributed by atoms with Gasteiger partial charge < -0.3 is 15.6 Å². The molecule has 0 saturated carbocycles. The van der Waals surface area contributed by atoms with Gasteiger partial charge in [0, 0.05) is 13.0 Å². The number of nitrogens with zero attached hydrogens (tertiary/aromatic N) is 1. The molecule has 102 valence electrons. The lowest BCUT2D eigenvalue weighted by Gasteiger charge is -2.14. The highest BCUT2D eigenvalue weighted by molar-refractivity contribution is 5.79. The first-order valence-electron chi connectivity index (χ1n) is 5.56. The Bertz CT molecular complexity index is 211. The van der Waals surface area contributed by atoms with Crippen LogP contribution in [0.1, 0.15) is 26.7 Å². The monoisotopic (exact) mass is 250 g/mol. The molecule has 7 heteroatoms. The lowest BCUT2D eigenvalue weighted by Crippen LogP contribution is -2.31. The summed E-state index contributed by atoms with van der Waals surface area (Å²) in [5, 5.41) is 17.9. The number of nitrogens with two attached hydrogens (primary N) is 1. The van der Waals surface area contributed by atoms with E-state index in [4.69, 9.17) is 20.8 Å². The molecule has 0 saturated heterocycles. The van der Waals surface area contributed by atoms with Gasteiger partial charge in [0.05, 0.1) is 26.2 Å². The van der Waals surface area contributed by atoms with E-state index in [1.54, 1.807) is 0 Å². The van der Waals surface area contributed by atoms with Crippen LogP contribution in [0, 0.1) is 0 Å². The zero-order valence-corrected chi connectivity index (χ0v) is 10.4. The number of amides is 1. The summed E-state index contributed by atoms with van der Waals surface area (Å²) in [5.74, 6) is -1.70. The van der Waals surface area contributed by atoms with Crippen LogP contribution in [-0.4, -0.2) is 53.6 Å². The Balaban J connectivity index is 0. The average Bonchev–Trinajstić information content (AvgIpc) is 2.33. The Morgan fingerprint density at radius 3 is 2.29 bits per heavy atom. The third kappa shape index (κ3) is 12.8. The second-order valence-electron chi connectivity index (χ2n) is 2.81. The molecule has 0 aromatic heterocycles. The molecule has 0 spiro atoms. The maximum atomic E-state index is 11.0. The topological polar surface area (TPSA) is 113 Å². The fourth-order valence-corrected chi connectivity index (χ4v) is 0.804. The van der Waals surface area contributed by atoms with E-state index in [0.717, 1.165) is 0 Å². The van der Waals surface area contributed by atoms with Gasteiger partial charge in [0.1, 0.15) is 0 Å². The minimum atomic E-state index is -1.07. The van der Waals surface area contributed by atoms with Gasteiger partial charge in [-0.15, -0.1) is 0 Å². The normalized spacial score (nSPS) is 9.18. The van der Waals surface area contributed by atoms with Crippen LogP contribution in [0.4, 0.5) is 0 Å². The molecule has 0 aliphatic carbocycles. The number of hydrogen-bond donors (Lipinski definition) is 3. The van der Waals surface area contributed by atoms with E-state index in [9.17, 15) is 9.59 Å². The van der Waals surface area contributed by atoms with Gasteiger partial charge in [-0.2, -0.15) is 0 Å². The Kier molecular flexibility index (Phi) is 13.8. The van der Waals surface area contributed by atoms with Crippen LogP contribution >= 0.6 is 0 Å². The van der Waals surface area contributed by atoms with Crippen molar-refractivity contribution in [3.63, 3.8) is 0 Å². The third-order valence-corrected chi connectivity index (χ3v) is 1.55. The van der Waals surface area contributed by atoms with Crippen LogP contribution in [0.2, 0.25) is 0 Å². The molecule has 0 unspecified atom stereocenters. The van der Waals surface area contributed by atoms with Crippen LogP contribution in [0.5, 0.6) is 0 Å². The van der Waals surface area contributed by atoms with Crippen LogP contribution in [-0.2, 0) is 14.3 Å². The Morgan fingerprint density at radius 2 is 1.82 bits per heavy atom. The molecule has 17 heavy (non-hydrogen) atoms. The van der Waals surface area contributed by atoms with Crippen molar-refractivity contribution in [1.29, 1.82) is 0 Å². The summed E-state index contributed by atoms with van der Waals surface area (Å²) in [6.45, 7) is 4.92. The van der Waals surface area contributed by atoms with Crippen molar-refractivity contribution >= 4 is 11.9 Å². The van der Waals surface area contributed by atoms with E-state index in [0.29, 0.717) is 18.2 Å². The molecular formula is C10H22N2O5. The van der Waals surface area contributed by atoms with Crippen molar-refractivity contribution < 1.29 is 24.6 Å². The van der Waals surface area contributed by atoms with E-state index in [1.165, 1.54) is 0 Å². The van der Waals surface area contributed by atoms with Crippen molar-refractivity contribution in [2.24, 2.45) is 5.73 Å². The van der Waals surface area contributed by atoms with Gasteiger partial charge >= 0.3 is 5.97 Å². The van der Waals surface area contributed by atoms with Crippen molar-refractivity contribution in [1.82, 2.24) is 5.06 Å². The van der Waals surface area contributed by atoms with Crippen LogP contribution in [0.25, 0.3) is 0 Å². The van der Waals surface area contributed by atoms with Gasteiger partial charge in [0.2, 0.25) is 5.91 Å². The average molecular weight is 250 g/mol. The zero-order chi connectivity index (χ0) is 13.7. The largest absolute Gasteiger partial charge is 0.481 e. The minimum Gasteiger partial charge on any atom is -0.481 e. The first-order valence-corrected chi connectivity index (χ1v) is 5.56. The van der Waals surface area contributed by atoms with Crippen LogP contribution in [0.15, 0.2) is 0 Å². The predicted octanol–water partition coefficient (Wildman–Crippen LogP) is 0.0705. The number of ether oxygens (including phenoxy) is 1. The fraction of sp³-hybridized carbons (Fsp3) is 0.800. The summed E-state index contributed by atoms with van der Waals surface area (Å²) in [6.07, 6.45) is -0.512. The number of carboxylic acid groups (broad SMARTS) is 1. The standard InChI is InChI=1S/C8H16N2O5.C2H6/c9-3-5-15-6-4-10(14)7(11)1-2-8(12)13;1-2/h14H,1-6,9H2,(H,12,13);1-2H3. The number of aliphatic carboxylic acids is 1. The molecule has 7 nitrogen and oxygen atoms in total. The molecular weight excluding hydrogens is 228 g/mol. The summed E-state index contributed by atoms with van der Waals surface area (Å²) in [7, 11) is 0. The molecule has 0 heterocycles. The van der Waals surface area contributed by atoms with Gasteiger partial charge in [-0.25, -0.2) is 5.06 Å². The van der Waals surface area contributed by atoms with Crippen molar-refractivity contribution in [2.45, 2.75) is 26.7 Å². The highest BCUT2D eigenvalue weighted by Gasteiger charge is 2.11. The van der Waals surface area contributed by atoms with E-state index < -0.39 is 11.9 Å². The summed E-state index contributed by atoms with van der Waals surface area (Å²) in [5.41, 5.74) is 5.15. The molecule has 0 rings (SSSR count). The van der Waals surface area contributed by atoms with Gasteiger partial charge in [-0.3, -0.25) is 14.8 Å². The Morgan fingerprint density at radius 1 is 1.24 bits per heavy atom. The fourth-order valence-electron chi connectivity index (χ4n) is 0.804. The highest BCUT2D eigenvalue weighted by atomic mass is 16.5. The third-order valence-electron chi connectivity index (χ3n) is 1.55. The smallest absolute Gasteiger partial charge is 0.303 e. The molecule has 0 fully saturated rings. The van der Waals surface area contributed by atoms with Crippen molar-refractivity contribution in [3.8, 4) is 0 Å². The number of carboxylic acids is 1. The molecule has 0 radical (unpaired) electrons. The number of hydrogen-bond acceptors (Lipinski definition) is 5. The van der Waals surface area contributed by atoms with E-state index in [2.05, 4.69) is 0 Å². The van der Waals surface area contributed by atoms with Gasteiger partial charge in [0.15, 0.2) is 0 Å². The molecule has 0 aromatic carbocycles. The second-order valence-corrected chi connectivity index (χ2v) is 2.81. The van der Waals surface area contributed by atoms with E-state index >= 15 is 0 Å². The zero-order valence-electron chi connectivity index (χ0n) is 10.4. The lowest BCUT2D eigenvalue weighted by molar-refractivity contribution is -0.169. The van der Waals surface area contributed by atoms with Gasteiger partial charge in [-0.05, 0) is 0 Å². The molecule has 0 aliphatic rings. The van der Waals surface area contributed by atoms with Crippen molar-refractivity contribution in [3.05, 3.63) is 0 Å². The van der Waals surface area contributed by atoms with E-state index in [1.807, 2.05) is 13.8 Å². The predicted molar refractivity (Wildman–Crippen MR) is 61.6 cm³/mol. The molecule has 0 atom stereocenters. The maximum absolute atomic E-state index is 11.0. The molecule has 1 amide bonds. The minimum absolute atomic E-state index is 0.0124. The van der Waals surface area contributed by atoms with Gasteiger partial charge in [-0.1, -0.05) is 13.8 Å². The summed E-state index contributed by atoms with van der Waals surface area (Å²) in [4.78, 5) is 21.2. The SMILES string of the molecule is CC.NCCOCCN(O)C(=O)CCC(=O)O. The first kappa shape index (κ1) is 18.2. The number of carbonyl (C=O) groups is 2. The summed E-state index contributed by atoms with van der Waals surface area (Å²) < 4.78 is 4.93. The maximum Gasteiger partial charge on any atom is 0.303 e. The number of rotatable bonds is 8. The highest BCUT2D eigenvalue weighted by Crippen LogP contribution is 1.95. The summed E-state index contributed by atoms with van der Waals surface area (Å²) in [6, 6.07) is 0. The van der Waals surface area contributed by atoms with Crippen LogP contribution < -0.4 is 5.73 Å². The quantitative estimate of drug-likeness (QED) is 0.319. The van der Waals surface area contributed by atoms with Crippen LogP contribution in [0.3, 0.4) is 0 Å². The number of carbonyl (C=O) groups excluding carboxylic acids is 1. The summed E-state index contributed by atoms with van der Waals surface area (Å²) >= 11 is 0. The second kappa shape index (κ2) is 12.9. The first-order chi connectivity index (χ1) is 8.07. The lowest BCUT2D eigenvalue weighted by atomic mass is 10.3. The van der Waals surface area contributed by atoms with Crippen molar-refractivity contribution in [2.75, 3.05) is 26.3 Å². The Hall–Kier alpha value is -1.18. The number of hydroxylamine groups is 2. The van der Waals surface area contributed by atoms with Gasteiger partial charge in [0.25, 0.3) is 0 Å². The van der Waals surface area contributed by atoms with E-state index in [-0.39, 0.29) is 26.0 Å². The molecule has 0 bridgehead atoms.